The number of piperazine rings is 1. The molecular weight excluding hydrogens is 258 g/mol. The van der Waals surface area contributed by atoms with E-state index in [0.29, 0.717) is 0 Å². The quantitative estimate of drug-likeness (QED) is 0.855. The molecule has 0 N–H and O–H groups in total. The molecule has 3 heterocycles. The second-order valence-electron chi connectivity index (χ2n) is 4.79. The highest BCUT2D eigenvalue weighted by Gasteiger charge is 2.19. The molecule has 1 aliphatic heterocycles. The smallest absolute Gasteiger partial charge is 0.218 e. The summed E-state index contributed by atoms with van der Waals surface area (Å²) in [5.41, 5.74) is 0. The average Bonchev–Trinajstić information content (AvgIpc) is 3.11. The number of aromatic nitrogens is 3. The molecule has 1 fully saturated rings. The molecule has 2 aromatic rings. The summed E-state index contributed by atoms with van der Waals surface area (Å²) in [7, 11) is 0. The lowest BCUT2D eigenvalue weighted by Crippen LogP contribution is -2.46. The first-order valence-electron chi connectivity index (χ1n) is 6.81. The van der Waals surface area contributed by atoms with Crippen LogP contribution in [0.5, 0.6) is 0 Å². The van der Waals surface area contributed by atoms with Crippen molar-refractivity contribution in [3.8, 4) is 5.13 Å². The van der Waals surface area contributed by atoms with Gasteiger partial charge >= 0.3 is 0 Å². The van der Waals surface area contributed by atoms with Crippen molar-refractivity contribution in [2.45, 2.75) is 13.3 Å². The maximum Gasteiger partial charge on any atom is 0.218 e. The number of anilines is 1. The summed E-state index contributed by atoms with van der Waals surface area (Å²) in [4.78, 5) is 4.86. The molecule has 0 radical (unpaired) electrons. The van der Waals surface area contributed by atoms with Gasteiger partial charge in [-0.05, 0) is 25.1 Å². The van der Waals surface area contributed by atoms with Gasteiger partial charge in [-0.25, -0.2) is 0 Å². The summed E-state index contributed by atoms with van der Waals surface area (Å²) < 4.78 is 2.01. The third-order valence-electron chi connectivity index (χ3n) is 3.41. The lowest BCUT2D eigenvalue weighted by atomic mass is 10.3. The third-order valence-corrected chi connectivity index (χ3v) is 4.41. The van der Waals surface area contributed by atoms with Gasteiger partial charge in [0.15, 0.2) is 0 Å². The maximum absolute atomic E-state index is 4.32. The van der Waals surface area contributed by atoms with Crippen LogP contribution in [0.15, 0.2) is 24.5 Å². The summed E-state index contributed by atoms with van der Waals surface area (Å²) in [6.45, 7) is 7.82. The van der Waals surface area contributed by atoms with E-state index in [1.165, 1.54) is 13.0 Å². The van der Waals surface area contributed by atoms with E-state index in [4.69, 9.17) is 0 Å². The fourth-order valence-electron chi connectivity index (χ4n) is 2.38. The Hall–Kier alpha value is -1.40. The van der Waals surface area contributed by atoms with Gasteiger partial charge in [0.1, 0.15) is 0 Å². The molecule has 2 aromatic heterocycles. The van der Waals surface area contributed by atoms with E-state index in [1.54, 1.807) is 11.3 Å². The Morgan fingerprint density at radius 3 is 2.42 bits per heavy atom. The summed E-state index contributed by atoms with van der Waals surface area (Å²) in [6, 6.07) is 4.01. The predicted octanol–water partition coefficient (Wildman–Crippen LogP) is 1.86. The molecule has 0 aromatic carbocycles. The number of rotatable bonds is 4. The van der Waals surface area contributed by atoms with Crippen LogP contribution in [-0.4, -0.2) is 52.4 Å². The van der Waals surface area contributed by atoms with Crippen LogP contribution in [0.25, 0.3) is 5.13 Å². The molecule has 0 amide bonds. The third kappa shape index (κ3) is 2.79. The Morgan fingerprint density at radius 2 is 1.74 bits per heavy atom. The molecule has 3 rings (SSSR count). The van der Waals surface area contributed by atoms with Crippen LogP contribution >= 0.6 is 11.3 Å². The minimum atomic E-state index is 0.941. The van der Waals surface area contributed by atoms with Crippen molar-refractivity contribution in [2.24, 2.45) is 0 Å². The Morgan fingerprint density at radius 1 is 1.05 bits per heavy atom. The van der Waals surface area contributed by atoms with Gasteiger partial charge in [0.05, 0.1) is 0 Å². The van der Waals surface area contributed by atoms with E-state index in [0.717, 1.165) is 36.4 Å². The standard InChI is InChI=1S/C13H19N5S/c1-2-5-16-8-10-18(11-9-16)13-15-14-12(19-13)17-6-3-4-7-17/h3-4,6-7H,2,5,8-11H2,1H3. The first-order valence-corrected chi connectivity index (χ1v) is 7.62. The SMILES string of the molecule is CCCN1CCN(c2nnc(-n3cccc3)s2)CC1. The van der Waals surface area contributed by atoms with E-state index in [-0.39, 0.29) is 0 Å². The van der Waals surface area contributed by atoms with Crippen LogP contribution in [0.4, 0.5) is 5.13 Å². The normalized spacial score (nSPS) is 17.0. The van der Waals surface area contributed by atoms with Gasteiger partial charge in [0.25, 0.3) is 0 Å². The summed E-state index contributed by atoms with van der Waals surface area (Å²) in [6.07, 6.45) is 5.24. The van der Waals surface area contributed by atoms with Gasteiger partial charge in [0, 0.05) is 38.6 Å². The zero-order valence-corrected chi connectivity index (χ0v) is 12.0. The molecule has 6 heteroatoms. The predicted molar refractivity (Wildman–Crippen MR) is 78.2 cm³/mol. The zero-order chi connectivity index (χ0) is 13.1. The van der Waals surface area contributed by atoms with Gasteiger partial charge in [0.2, 0.25) is 10.3 Å². The van der Waals surface area contributed by atoms with Crippen molar-refractivity contribution in [3.63, 3.8) is 0 Å². The molecule has 0 bridgehead atoms. The summed E-state index contributed by atoms with van der Waals surface area (Å²) in [5, 5.41) is 10.6. The molecule has 0 unspecified atom stereocenters. The van der Waals surface area contributed by atoms with Gasteiger partial charge in [-0.3, -0.25) is 9.47 Å². The van der Waals surface area contributed by atoms with Crippen molar-refractivity contribution < 1.29 is 0 Å². The highest BCUT2D eigenvalue weighted by Crippen LogP contribution is 2.24. The molecule has 0 atom stereocenters. The van der Waals surface area contributed by atoms with Crippen molar-refractivity contribution >= 4 is 16.5 Å². The molecule has 0 spiro atoms. The molecule has 0 aliphatic carbocycles. The minimum Gasteiger partial charge on any atom is -0.344 e. The van der Waals surface area contributed by atoms with E-state index in [9.17, 15) is 0 Å². The van der Waals surface area contributed by atoms with Crippen LogP contribution in [-0.2, 0) is 0 Å². The van der Waals surface area contributed by atoms with E-state index in [1.807, 2.05) is 29.1 Å². The Labute approximate surface area is 117 Å². The highest BCUT2D eigenvalue weighted by molar-refractivity contribution is 7.17. The van der Waals surface area contributed by atoms with Crippen molar-refractivity contribution in [1.82, 2.24) is 19.7 Å². The minimum absolute atomic E-state index is 0.941. The Balaban J connectivity index is 1.64. The molecule has 1 saturated heterocycles. The average molecular weight is 277 g/mol. The highest BCUT2D eigenvalue weighted by atomic mass is 32.1. The fourth-order valence-corrected chi connectivity index (χ4v) is 3.25. The molecule has 19 heavy (non-hydrogen) atoms. The first kappa shape index (κ1) is 12.6. The number of hydrogen-bond donors (Lipinski definition) is 0. The van der Waals surface area contributed by atoms with Gasteiger partial charge in [-0.1, -0.05) is 18.3 Å². The Bertz CT molecular complexity index is 499. The topological polar surface area (TPSA) is 37.2 Å². The lowest BCUT2D eigenvalue weighted by Gasteiger charge is -2.33. The van der Waals surface area contributed by atoms with E-state index >= 15 is 0 Å². The first-order chi connectivity index (χ1) is 9.36. The van der Waals surface area contributed by atoms with Crippen LogP contribution in [0, 0.1) is 0 Å². The van der Waals surface area contributed by atoms with Crippen LogP contribution in [0.3, 0.4) is 0 Å². The largest absolute Gasteiger partial charge is 0.344 e. The van der Waals surface area contributed by atoms with Crippen LogP contribution in [0.2, 0.25) is 0 Å². The maximum atomic E-state index is 4.32. The van der Waals surface area contributed by atoms with Crippen molar-refractivity contribution in [3.05, 3.63) is 24.5 Å². The molecule has 102 valence electrons. The molecule has 1 aliphatic rings. The van der Waals surface area contributed by atoms with Gasteiger partial charge in [-0.2, -0.15) is 0 Å². The van der Waals surface area contributed by atoms with Crippen LogP contribution in [0.1, 0.15) is 13.3 Å². The molecule has 5 nitrogen and oxygen atoms in total. The zero-order valence-electron chi connectivity index (χ0n) is 11.2. The Kier molecular flexibility index (Phi) is 3.79. The van der Waals surface area contributed by atoms with Crippen molar-refractivity contribution in [2.75, 3.05) is 37.6 Å². The molecule has 0 saturated carbocycles. The van der Waals surface area contributed by atoms with Gasteiger partial charge in [-0.15, -0.1) is 10.2 Å². The van der Waals surface area contributed by atoms with E-state index < -0.39 is 0 Å². The monoisotopic (exact) mass is 277 g/mol. The number of nitrogens with zero attached hydrogens (tertiary/aromatic N) is 5. The van der Waals surface area contributed by atoms with Crippen LogP contribution < -0.4 is 4.90 Å². The second kappa shape index (κ2) is 5.71. The van der Waals surface area contributed by atoms with E-state index in [2.05, 4.69) is 26.9 Å². The van der Waals surface area contributed by atoms with Gasteiger partial charge < -0.3 is 4.90 Å². The summed E-state index contributed by atoms with van der Waals surface area (Å²) >= 11 is 1.66. The fraction of sp³-hybridized carbons (Fsp3) is 0.538. The molecular formula is C13H19N5S. The van der Waals surface area contributed by atoms with Crippen molar-refractivity contribution in [1.29, 1.82) is 0 Å². The summed E-state index contributed by atoms with van der Waals surface area (Å²) in [5.74, 6) is 0. The lowest BCUT2D eigenvalue weighted by molar-refractivity contribution is 0.258. The number of hydrogen-bond acceptors (Lipinski definition) is 5. The second-order valence-corrected chi connectivity index (χ2v) is 5.72.